The van der Waals surface area contributed by atoms with Crippen LogP contribution in [-0.2, 0) is 14.4 Å². The monoisotopic (exact) mass is 308 g/mol. The Morgan fingerprint density at radius 2 is 0.700 bits per heavy atom. The van der Waals surface area contributed by atoms with E-state index in [1.165, 1.54) is 0 Å². The van der Waals surface area contributed by atoms with E-state index in [0.29, 0.717) is 0 Å². The maximum Gasteiger partial charge on any atom is 3.00 e. The van der Waals surface area contributed by atoms with E-state index in [-0.39, 0.29) is 17.4 Å². The predicted octanol–water partition coefficient (Wildman–Crippen LogP) is -5.59. The number of hydrogen-bond donors (Lipinski definition) is 3. The third-order valence-electron chi connectivity index (χ3n) is 0.387. The molecule has 0 aromatic carbocycles. The summed E-state index contributed by atoms with van der Waals surface area (Å²) in [5.41, 5.74) is 0. The van der Waals surface area contributed by atoms with Crippen molar-refractivity contribution in [3.63, 3.8) is 0 Å². The molecule has 0 saturated carbocycles. The number of carbonyl (C=O) groups is 3. The topological polar surface area (TPSA) is 181 Å². The summed E-state index contributed by atoms with van der Waals surface area (Å²) in [5, 5.41) is 49.5. The first-order valence-electron chi connectivity index (χ1n) is 4.23. The van der Waals surface area contributed by atoms with Gasteiger partial charge in [-0.1, -0.05) is 0 Å². The zero-order chi connectivity index (χ0) is 16.9. The van der Waals surface area contributed by atoms with E-state index >= 15 is 0 Å². The van der Waals surface area contributed by atoms with Crippen LogP contribution in [-0.4, -0.2) is 70.4 Å². The van der Waals surface area contributed by atoms with Gasteiger partial charge in [-0.2, -0.15) is 0 Å². The first-order chi connectivity index (χ1) is 8.81. The molecular formula is C10H17AlO9. The molecule has 10 heteroatoms. The van der Waals surface area contributed by atoms with Crippen LogP contribution in [0.25, 0.3) is 0 Å². The number of aliphatic hydroxyl groups is 3. The van der Waals surface area contributed by atoms with Crippen LogP contribution in [0.1, 0.15) is 0 Å². The van der Waals surface area contributed by atoms with Crippen LogP contribution in [0.5, 0.6) is 0 Å². The predicted molar refractivity (Wildman–Crippen MR) is 64.5 cm³/mol. The van der Waals surface area contributed by atoms with E-state index in [9.17, 15) is 0 Å². The van der Waals surface area contributed by atoms with Crippen LogP contribution in [0.15, 0.2) is 26.3 Å². The number of aliphatic hydroxyl groups excluding tert-OH is 3. The summed E-state index contributed by atoms with van der Waals surface area (Å²) >= 11 is 0. The molecular weight excluding hydrogens is 291 g/mol. The fraction of sp³-hybridized carbons (Fsp3) is 0.300. The van der Waals surface area contributed by atoms with Gasteiger partial charge in [0.25, 0.3) is 0 Å². The molecule has 20 heavy (non-hydrogen) atoms. The maximum atomic E-state index is 9.01. The fourth-order valence-corrected chi connectivity index (χ4v) is 0. The third kappa shape index (κ3) is 206. The number of carbonyl (C=O) groups excluding carboxylic acids is 3. The first kappa shape index (κ1) is 36.2. The van der Waals surface area contributed by atoms with Gasteiger partial charge < -0.3 is 45.0 Å². The van der Waals surface area contributed by atoms with Crippen LogP contribution in [0, 0.1) is 0 Å². The summed E-state index contributed by atoms with van der Waals surface area (Å²) in [6.07, 6.45) is 0. The average Bonchev–Trinajstić information content (AvgIpc) is 2.44. The van der Waals surface area contributed by atoms with Gasteiger partial charge in [0, 0.05) is 0 Å². The number of carboxylic acids is 3. The number of carboxylic acid groups (broad SMARTS) is 3. The number of hydrogen-bond acceptors (Lipinski definition) is 9. The Bertz CT molecular complexity index is 185. The average molecular weight is 308 g/mol. The minimum absolute atomic E-state index is 0. The summed E-state index contributed by atoms with van der Waals surface area (Å²) in [6, 6.07) is 0. The SMILES string of the molecule is C=C.C=C.O=C([O-])CO.O=C([O-])CO.O=C([O-])CO.[Al+3]. The normalized spacial score (nSPS) is 5.95. The van der Waals surface area contributed by atoms with Crippen molar-refractivity contribution in [1.29, 1.82) is 0 Å². The summed E-state index contributed by atoms with van der Waals surface area (Å²) in [5.74, 6) is -4.32. The van der Waals surface area contributed by atoms with E-state index < -0.39 is 37.7 Å². The fourth-order valence-electron chi connectivity index (χ4n) is 0. The summed E-state index contributed by atoms with van der Waals surface area (Å²) in [6.45, 7) is 9.33. The molecule has 114 valence electrons. The van der Waals surface area contributed by atoms with Gasteiger partial charge in [-0.3, -0.25) is 0 Å². The molecule has 0 spiro atoms. The Morgan fingerprint density at radius 3 is 0.700 bits per heavy atom. The molecule has 0 bridgehead atoms. The molecule has 0 aromatic heterocycles. The zero-order valence-electron chi connectivity index (χ0n) is 10.8. The maximum absolute atomic E-state index is 9.01. The molecule has 0 aliphatic rings. The minimum atomic E-state index is -1.44. The Kier molecular flexibility index (Phi) is 78.4. The smallest absolute Gasteiger partial charge is 0.548 e. The molecule has 0 saturated heterocycles. The molecule has 0 rings (SSSR count). The van der Waals surface area contributed by atoms with Crippen LogP contribution in [0.3, 0.4) is 0 Å². The second-order valence-electron chi connectivity index (χ2n) is 1.59. The summed E-state index contributed by atoms with van der Waals surface area (Å²) in [4.78, 5) is 27.0. The van der Waals surface area contributed by atoms with Crippen molar-refractivity contribution < 1.29 is 45.0 Å². The summed E-state index contributed by atoms with van der Waals surface area (Å²) in [7, 11) is 0. The van der Waals surface area contributed by atoms with Gasteiger partial charge in [-0.05, 0) is 0 Å². The van der Waals surface area contributed by atoms with Crippen molar-refractivity contribution in [3.05, 3.63) is 26.3 Å². The van der Waals surface area contributed by atoms with Crippen molar-refractivity contribution in [2.24, 2.45) is 0 Å². The molecule has 9 nitrogen and oxygen atoms in total. The molecule has 0 fully saturated rings. The largest absolute Gasteiger partial charge is 3.00 e. The third-order valence-corrected chi connectivity index (χ3v) is 0.387. The summed E-state index contributed by atoms with van der Waals surface area (Å²) < 4.78 is 0. The van der Waals surface area contributed by atoms with Crippen molar-refractivity contribution in [1.82, 2.24) is 0 Å². The van der Waals surface area contributed by atoms with E-state index in [4.69, 9.17) is 45.0 Å². The Hall–Kier alpha value is -1.70. The number of aliphatic carboxylic acids is 3. The van der Waals surface area contributed by atoms with Crippen LogP contribution >= 0.6 is 0 Å². The van der Waals surface area contributed by atoms with Gasteiger partial charge in [-0.15, -0.1) is 26.3 Å². The van der Waals surface area contributed by atoms with Gasteiger partial charge in [-0.25, -0.2) is 0 Å². The Balaban J connectivity index is -0.0000000319. The van der Waals surface area contributed by atoms with Crippen molar-refractivity contribution >= 4 is 35.3 Å². The van der Waals surface area contributed by atoms with Gasteiger partial charge in [0.2, 0.25) is 0 Å². The Morgan fingerprint density at radius 1 is 0.650 bits per heavy atom. The molecule has 0 radical (unpaired) electrons. The molecule has 0 aromatic rings. The van der Waals surface area contributed by atoms with Crippen LogP contribution in [0.2, 0.25) is 0 Å². The molecule has 0 aliphatic heterocycles. The van der Waals surface area contributed by atoms with Crippen molar-refractivity contribution in [3.8, 4) is 0 Å². The quantitative estimate of drug-likeness (QED) is 0.338. The van der Waals surface area contributed by atoms with E-state index in [1.54, 1.807) is 0 Å². The van der Waals surface area contributed by atoms with Crippen molar-refractivity contribution in [2.45, 2.75) is 0 Å². The standard InChI is InChI=1S/3C2H4O3.2C2H4.Al/c3*3-1-2(4)5;2*1-2;/h3*3H,1H2,(H,4,5);2*1-2H2;/q;;;;;+3/p-3. The van der Waals surface area contributed by atoms with Gasteiger partial charge >= 0.3 is 17.4 Å². The van der Waals surface area contributed by atoms with Gasteiger partial charge in [0.1, 0.15) is 0 Å². The second kappa shape index (κ2) is 43.3. The molecule has 0 unspecified atom stereocenters. The van der Waals surface area contributed by atoms with Crippen LogP contribution in [0.4, 0.5) is 0 Å². The molecule has 0 aliphatic carbocycles. The zero-order valence-corrected chi connectivity index (χ0v) is 12.0. The van der Waals surface area contributed by atoms with Gasteiger partial charge in [0.05, 0.1) is 37.7 Å². The number of rotatable bonds is 3. The first-order valence-corrected chi connectivity index (χ1v) is 4.23. The molecule has 0 heterocycles. The van der Waals surface area contributed by atoms with Gasteiger partial charge in [0.15, 0.2) is 0 Å². The van der Waals surface area contributed by atoms with Crippen LogP contribution < -0.4 is 15.3 Å². The van der Waals surface area contributed by atoms with Crippen molar-refractivity contribution in [2.75, 3.05) is 19.8 Å². The molecule has 3 N–H and O–H groups in total. The molecule has 0 amide bonds. The van der Waals surface area contributed by atoms with E-state index in [0.717, 1.165) is 0 Å². The van der Waals surface area contributed by atoms with E-state index in [1.807, 2.05) is 0 Å². The second-order valence-corrected chi connectivity index (χ2v) is 1.59. The van der Waals surface area contributed by atoms with E-state index in [2.05, 4.69) is 26.3 Å². The Labute approximate surface area is 127 Å². The molecule has 0 atom stereocenters. The minimum Gasteiger partial charge on any atom is -0.548 e.